The molecule has 1 aromatic heterocycles. The normalized spacial score (nSPS) is 12.3. The second-order valence-electron chi connectivity index (χ2n) is 9.65. The van der Waals surface area contributed by atoms with Gasteiger partial charge in [0.25, 0.3) is 0 Å². The molecule has 172 valence electrons. The number of hydrogen-bond acceptors (Lipinski definition) is 4. The van der Waals surface area contributed by atoms with Crippen LogP contribution < -0.4 is 4.74 Å². The molecule has 3 nitrogen and oxygen atoms in total. The van der Waals surface area contributed by atoms with Gasteiger partial charge in [-0.15, -0.1) is 0 Å². The van der Waals surface area contributed by atoms with Crippen molar-refractivity contribution in [3.8, 4) is 5.75 Å². The highest BCUT2D eigenvalue weighted by molar-refractivity contribution is 7.97. The van der Waals surface area contributed by atoms with E-state index in [1.54, 1.807) is 0 Å². The number of thioether (sulfide) groups is 1. The zero-order valence-corrected chi connectivity index (χ0v) is 21.3. The van der Waals surface area contributed by atoms with E-state index in [0.717, 1.165) is 46.6 Å². The van der Waals surface area contributed by atoms with Crippen molar-refractivity contribution >= 4 is 28.5 Å². The zero-order valence-electron chi connectivity index (χ0n) is 20.5. The minimum Gasteiger partial charge on any atom is -0.486 e. The van der Waals surface area contributed by atoms with Crippen LogP contribution in [0.1, 0.15) is 69.9 Å². The van der Waals surface area contributed by atoms with Crippen molar-refractivity contribution in [2.75, 3.05) is 12.9 Å². The highest BCUT2D eigenvalue weighted by Crippen LogP contribution is 2.42. The first-order chi connectivity index (χ1) is 15.1. The Labute approximate surface area is 196 Å². The lowest BCUT2D eigenvalue weighted by Gasteiger charge is -2.31. The lowest BCUT2D eigenvalue weighted by molar-refractivity contribution is -0.128. The largest absolute Gasteiger partial charge is 0.486 e. The molecule has 0 atom stereocenters. The maximum Gasteiger partial charge on any atom is 0.175 e. The van der Waals surface area contributed by atoms with Crippen molar-refractivity contribution in [2.45, 2.75) is 65.6 Å². The predicted molar refractivity (Wildman–Crippen MR) is 136 cm³/mol. The van der Waals surface area contributed by atoms with Crippen LogP contribution in [0.2, 0.25) is 0 Å². The SMILES string of the molecule is CCC(CC)(c1ccc(OCC(=O)C(C)(C)C)c(C)c1)c1cc2cc(CSC)ccc2o1. The zero-order chi connectivity index (χ0) is 23.5. The van der Waals surface area contributed by atoms with Crippen molar-refractivity contribution in [3.63, 3.8) is 0 Å². The molecule has 3 rings (SSSR count). The Bertz CT molecular complexity index is 1080. The summed E-state index contributed by atoms with van der Waals surface area (Å²) in [6.07, 6.45) is 3.99. The first-order valence-electron chi connectivity index (χ1n) is 11.4. The predicted octanol–water partition coefficient (Wildman–Crippen LogP) is 7.70. The van der Waals surface area contributed by atoms with Crippen LogP contribution in [0.4, 0.5) is 0 Å². The fourth-order valence-corrected chi connectivity index (χ4v) is 4.72. The second-order valence-corrected chi connectivity index (χ2v) is 10.5. The van der Waals surface area contributed by atoms with Crippen LogP contribution in [0.5, 0.6) is 5.75 Å². The van der Waals surface area contributed by atoms with Crippen LogP contribution in [0.25, 0.3) is 11.0 Å². The number of rotatable bonds is 9. The van der Waals surface area contributed by atoms with Gasteiger partial charge in [0.1, 0.15) is 23.7 Å². The smallest absolute Gasteiger partial charge is 0.175 e. The highest BCUT2D eigenvalue weighted by atomic mass is 32.2. The van der Waals surface area contributed by atoms with Crippen LogP contribution in [-0.2, 0) is 16.0 Å². The standard InChI is InChI=1S/C28H36O3S/c1-8-28(9-2,26-16-21-15-20(18-32-7)10-12-24(21)31-26)22-11-13-23(19(3)14-22)30-17-25(29)27(4,5)6/h10-16H,8-9,17-18H2,1-7H3. The lowest BCUT2D eigenvalue weighted by Crippen LogP contribution is -2.27. The van der Waals surface area contributed by atoms with Gasteiger partial charge in [-0.05, 0) is 67.0 Å². The van der Waals surface area contributed by atoms with Gasteiger partial charge < -0.3 is 9.15 Å². The van der Waals surface area contributed by atoms with Gasteiger partial charge in [-0.25, -0.2) is 0 Å². The number of ether oxygens (including phenoxy) is 1. The Kier molecular flexibility index (Phi) is 7.44. The van der Waals surface area contributed by atoms with Crippen LogP contribution in [0.15, 0.2) is 46.9 Å². The maximum absolute atomic E-state index is 12.3. The van der Waals surface area contributed by atoms with E-state index in [4.69, 9.17) is 9.15 Å². The van der Waals surface area contributed by atoms with Gasteiger partial charge in [-0.2, -0.15) is 11.8 Å². The molecule has 2 aromatic carbocycles. The van der Waals surface area contributed by atoms with Crippen LogP contribution in [0, 0.1) is 12.3 Å². The Morgan fingerprint density at radius 1 is 1.03 bits per heavy atom. The minimum absolute atomic E-state index is 0.0956. The Hall–Kier alpha value is -2.20. The molecule has 0 aliphatic heterocycles. The molecule has 0 N–H and O–H groups in total. The minimum atomic E-state index is -0.398. The number of Topliss-reactive ketones (excluding diaryl/α,β-unsaturated/α-hetero) is 1. The molecule has 4 heteroatoms. The molecular formula is C28H36O3S. The van der Waals surface area contributed by atoms with E-state index in [2.05, 4.69) is 56.5 Å². The number of carbonyl (C=O) groups excluding carboxylic acids is 1. The monoisotopic (exact) mass is 452 g/mol. The molecule has 0 saturated carbocycles. The third-order valence-corrected chi connectivity index (χ3v) is 7.12. The Morgan fingerprint density at radius 3 is 2.34 bits per heavy atom. The van der Waals surface area contributed by atoms with Gasteiger partial charge in [-0.3, -0.25) is 4.79 Å². The van der Waals surface area contributed by atoms with E-state index in [-0.39, 0.29) is 17.8 Å². The van der Waals surface area contributed by atoms with Crippen LogP contribution in [-0.4, -0.2) is 18.6 Å². The number of aryl methyl sites for hydroxylation is 1. The van der Waals surface area contributed by atoms with Gasteiger partial charge >= 0.3 is 0 Å². The summed E-state index contributed by atoms with van der Waals surface area (Å²) in [5.41, 5.74) is 3.91. The third-order valence-electron chi connectivity index (χ3n) is 6.49. The summed E-state index contributed by atoms with van der Waals surface area (Å²) >= 11 is 1.83. The Morgan fingerprint density at radius 2 is 1.75 bits per heavy atom. The van der Waals surface area contributed by atoms with Gasteiger partial charge in [0.05, 0.1) is 5.41 Å². The van der Waals surface area contributed by atoms with Crippen molar-refractivity contribution in [1.29, 1.82) is 0 Å². The first-order valence-corrected chi connectivity index (χ1v) is 12.8. The molecular weight excluding hydrogens is 416 g/mol. The quantitative estimate of drug-likeness (QED) is 0.333. The molecule has 3 aromatic rings. The summed E-state index contributed by atoms with van der Waals surface area (Å²) in [5.74, 6) is 2.87. The highest BCUT2D eigenvalue weighted by Gasteiger charge is 2.35. The van der Waals surface area contributed by atoms with Gasteiger partial charge in [0.2, 0.25) is 0 Å². The average Bonchev–Trinajstić information content (AvgIpc) is 3.17. The molecule has 0 saturated heterocycles. The van der Waals surface area contributed by atoms with E-state index in [1.165, 1.54) is 11.1 Å². The second kappa shape index (κ2) is 9.74. The average molecular weight is 453 g/mol. The fourth-order valence-electron chi connectivity index (χ4n) is 4.20. The molecule has 32 heavy (non-hydrogen) atoms. The summed E-state index contributed by atoms with van der Waals surface area (Å²) in [6.45, 7) is 12.3. The van der Waals surface area contributed by atoms with E-state index >= 15 is 0 Å². The van der Waals surface area contributed by atoms with Crippen LogP contribution >= 0.6 is 11.8 Å². The topological polar surface area (TPSA) is 39.4 Å². The molecule has 0 aliphatic carbocycles. The number of benzene rings is 2. The third kappa shape index (κ3) is 4.91. The molecule has 0 spiro atoms. The van der Waals surface area contributed by atoms with Gasteiger partial charge in [0.15, 0.2) is 5.78 Å². The number of ketones is 1. The van der Waals surface area contributed by atoms with E-state index in [0.29, 0.717) is 0 Å². The van der Waals surface area contributed by atoms with Crippen molar-refractivity contribution in [3.05, 3.63) is 64.9 Å². The number of fused-ring (bicyclic) bond motifs is 1. The summed E-state index contributed by atoms with van der Waals surface area (Å²) in [4.78, 5) is 12.3. The van der Waals surface area contributed by atoms with Gasteiger partial charge in [0, 0.05) is 16.6 Å². The number of hydrogen-bond donors (Lipinski definition) is 0. The summed E-state index contributed by atoms with van der Waals surface area (Å²) in [6, 6.07) is 15.0. The van der Waals surface area contributed by atoms with Crippen molar-refractivity contribution in [1.82, 2.24) is 0 Å². The van der Waals surface area contributed by atoms with E-state index in [9.17, 15) is 4.79 Å². The lowest BCUT2D eigenvalue weighted by atomic mass is 9.73. The molecule has 0 unspecified atom stereocenters. The van der Waals surface area contributed by atoms with Crippen molar-refractivity contribution in [2.24, 2.45) is 5.41 Å². The first kappa shape index (κ1) is 24.4. The molecule has 0 fully saturated rings. The molecule has 0 aliphatic rings. The van der Waals surface area contributed by atoms with Crippen LogP contribution in [0.3, 0.4) is 0 Å². The van der Waals surface area contributed by atoms with E-state index in [1.807, 2.05) is 45.5 Å². The molecule has 1 heterocycles. The Balaban J connectivity index is 1.94. The van der Waals surface area contributed by atoms with Gasteiger partial charge in [-0.1, -0.05) is 52.8 Å². The summed E-state index contributed by atoms with van der Waals surface area (Å²) in [5, 5.41) is 1.16. The molecule has 0 radical (unpaired) electrons. The number of furan rings is 1. The molecule has 0 bridgehead atoms. The number of carbonyl (C=O) groups is 1. The fraction of sp³-hybridized carbons (Fsp3) is 0.464. The summed E-state index contributed by atoms with van der Waals surface area (Å²) in [7, 11) is 0. The summed E-state index contributed by atoms with van der Waals surface area (Å²) < 4.78 is 12.3. The van der Waals surface area contributed by atoms with E-state index < -0.39 is 5.41 Å². The molecule has 0 amide bonds. The maximum atomic E-state index is 12.3. The van der Waals surface area contributed by atoms with Crippen molar-refractivity contribution < 1.29 is 13.9 Å².